The minimum atomic E-state index is -1.02. The third-order valence-electron chi connectivity index (χ3n) is 2.73. The highest BCUT2D eigenvalue weighted by Crippen LogP contribution is 2.12. The van der Waals surface area contributed by atoms with Gasteiger partial charge in [-0.05, 0) is 5.92 Å². The average Bonchev–Trinajstić information content (AvgIpc) is 2.85. The third kappa shape index (κ3) is 3.11. The molecule has 2 rings (SSSR count). The van der Waals surface area contributed by atoms with E-state index in [-0.39, 0.29) is 18.2 Å². The fourth-order valence-electron chi connectivity index (χ4n) is 1.76. The normalized spacial score (nSPS) is 12.8. The molecule has 0 aliphatic heterocycles. The number of imidazole rings is 1. The maximum absolute atomic E-state index is 11.8. The van der Waals surface area contributed by atoms with Crippen molar-refractivity contribution < 1.29 is 14.7 Å². The van der Waals surface area contributed by atoms with Crippen molar-refractivity contribution in [3.8, 4) is 0 Å². The SMILES string of the molecule is CC(C)[C@H](NC(=O)Cc1cn2ccsc2n1)C(=O)O. The molecule has 102 valence electrons. The maximum atomic E-state index is 11.8. The van der Waals surface area contributed by atoms with Gasteiger partial charge in [0.05, 0.1) is 12.1 Å². The smallest absolute Gasteiger partial charge is 0.326 e. The van der Waals surface area contributed by atoms with E-state index in [1.54, 1.807) is 20.0 Å². The Labute approximate surface area is 114 Å². The Bertz CT molecular complexity index is 574. The molecule has 0 aromatic carbocycles. The second-order valence-electron chi connectivity index (χ2n) is 4.63. The van der Waals surface area contributed by atoms with Crippen LogP contribution in [0, 0.1) is 5.92 Å². The molecule has 2 heterocycles. The number of rotatable bonds is 5. The van der Waals surface area contributed by atoms with Crippen molar-refractivity contribution in [3.63, 3.8) is 0 Å². The lowest BCUT2D eigenvalue weighted by atomic mass is 10.0. The van der Waals surface area contributed by atoms with E-state index in [0.29, 0.717) is 5.69 Å². The predicted molar refractivity (Wildman–Crippen MR) is 71.2 cm³/mol. The van der Waals surface area contributed by atoms with E-state index in [1.165, 1.54) is 11.3 Å². The van der Waals surface area contributed by atoms with E-state index in [9.17, 15) is 9.59 Å². The molecule has 0 fully saturated rings. The second-order valence-corrected chi connectivity index (χ2v) is 5.50. The van der Waals surface area contributed by atoms with Crippen LogP contribution in [0.4, 0.5) is 0 Å². The number of carboxylic acids is 1. The lowest BCUT2D eigenvalue weighted by Crippen LogP contribution is -2.44. The fraction of sp³-hybridized carbons (Fsp3) is 0.417. The third-order valence-corrected chi connectivity index (χ3v) is 3.50. The summed E-state index contributed by atoms with van der Waals surface area (Å²) in [6, 6.07) is -0.865. The van der Waals surface area contributed by atoms with Crippen LogP contribution in [0.3, 0.4) is 0 Å². The zero-order valence-electron chi connectivity index (χ0n) is 10.7. The lowest BCUT2D eigenvalue weighted by molar-refractivity contribution is -0.143. The highest BCUT2D eigenvalue weighted by Gasteiger charge is 2.23. The highest BCUT2D eigenvalue weighted by molar-refractivity contribution is 7.15. The maximum Gasteiger partial charge on any atom is 0.326 e. The molecule has 1 atom stereocenters. The number of hydrogen-bond acceptors (Lipinski definition) is 4. The Kier molecular flexibility index (Phi) is 3.84. The van der Waals surface area contributed by atoms with E-state index in [4.69, 9.17) is 5.11 Å². The van der Waals surface area contributed by atoms with Gasteiger partial charge in [-0.1, -0.05) is 13.8 Å². The molecule has 0 aliphatic rings. The number of hydrogen-bond donors (Lipinski definition) is 2. The molecule has 6 nitrogen and oxygen atoms in total. The van der Waals surface area contributed by atoms with Crippen molar-refractivity contribution in [3.05, 3.63) is 23.5 Å². The minimum Gasteiger partial charge on any atom is -0.480 e. The van der Waals surface area contributed by atoms with E-state index in [1.807, 2.05) is 16.0 Å². The summed E-state index contributed by atoms with van der Waals surface area (Å²) >= 11 is 1.48. The Morgan fingerprint density at radius 1 is 1.53 bits per heavy atom. The Morgan fingerprint density at radius 3 is 2.84 bits per heavy atom. The van der Waals surface area contributed by atoms with Gasteiger partial charge in [-0.25, -0.2) is 9.78 Å². The summed E-state index contributed by atoms with van der Waals surface area (Å²) in [4.78, 5) is 27.9. The molecule has 7 heteroatoms. The summed E-state index contributed by atoms with van der Waals surface area (Å²) < 4.78 is 1.84. The first-order valence-electron chi connectivity index (χ1n) is 5.90. The number of thiazole rings is 1. The van der Waals surface area contributed by atoms with Gasteiger partial charge in [0.25, 0.3) is 0 Å². The number of nitrogens with one attached hydrogen (secondary N) is 1. The molecule has 0 aliphatic carbocycles. The predicted octanol–water partition coefficient (Wildman–Crippen LogP) is 1.16. The summed E-state index contributed by atoms with van der Waals surface area (Å²) in [5.41, 5.74) is 0.636. The Balaban J connectivity index is 2.00. The van der Waals surface area contributed by atoms with Crippen molar-refractivity contribution >= 4 is 28.2 Å². The summed E-state index contributed by atoms with van der Waals surface area (Å²) in [7, 11) is 0. The minimum absolute atomic E-state index is 0.0882. The number of aliphatic carboxylic acids is 1. The highest BCUT2D eigenvalue weighted by atomic mass is 32.1. The molecule has 2 aromatic rings. The van der Waals surface area contributed by atoms with Gasteiger partial charge >= 0.3 is 5.97 Å². The van der Waals surface area contributed by atoms with Gasteiger partial charge < -0.3 is 10.4 Å². The number of nitrogens with zero attached hydrogens (tertiary/aromatic N) is 2. The van der Waals surface area contributed by atoms with Gasteiger partial charge in [-0.2, -0.15) is 0 Å². The van der Waals surface area contributed by atoms with Crippen LogP contribution in [-0.4, -0.2) is 32.4 Å². The van der Waals surface area contributed by atoms with Crippen molar-refractivity contribution in [2.45, 2.75) is 26.3 Å². The zero-order chi connectivity index (χ0) is 14.0. The second kappa shape index (κ2) is 5.40. The number of carbonyl (C=O) groups excluding carboxylic acids is 1. The van der Waals surface area contributed by atoms with Gasteiger partial charge in [0.1, 0.15) is 6.04 Å². The number of carboxylic acid groups (broad SMARTS) is 1. The van der Waals surface area contributed by atoms with E-state index < -0.39 is 12.0 Å². The summed E-state index contributed by atoms with van der Waals surface area (Å²) in [6.07, 6.45) is 3.73. The summed E-state index contributed by atoms with van der Waals surface area (Å²) in [5.74, 6) is -1.51. The molecule has 2 N–H and O–H groups in total. The fourth-order valence-corrected chi connectivity index (χ4v) is 2.48. The van der Waals surface area contributed by atoms with Crippen LogP contribution in [-0.2, 0) is 16.0 Å². The van der Waals surface area contributed by atoms with Crippen molar-refractivity contribution in [2.75, 3.05) is 0 Å². The van der Waals surface area contributed by atoms with Gasteiger partial charge in [-0.3, -0.25) is 9.20 Å². The number of aromatic nitrogens is 2. The first-order valence-corrected chi connectivity index (χ1v) is 6.78. The molecule has 0 bridgehead atoms. The molecule has 0 unspecified atom stereocenters. The number of amides is 1. The summed E-state index contributed by atoms with van der Waals surface area (Å²) in [6.45, 7) is 3.51. The van der Waals surface area contributed by atoms with Crippen molar-refractivity contribution in [1.29, 1.82) is 0 Å². The van der Waals surface area contributed by atoms with Gasteiger partial charge in [0.15, 0.2) is 4.96 Å². The van der Waals surface area contributed by atoms with Crippen LogP contribution in [0.25, 0.3) is 4.96 Å². The molecule has 19 heavy (non-hydrogen) atoms. The molecular weight excluding hydrogens is 266 g/mol. The molecule has 0 radical (unpaired) electrons. The summed E-state index contributed by atoms with van der Waals surface area (Å²) in [5, 5.41) is 13.4. The van der Waals surface area contributed by atoms with Crippen LogP contribution in [0.1, 0.15) is 19.5 Å². The van der Waals surface area contributed by atoms with Crippen LogP contribution < -0.4 is 5.32 Å². The number of carbonyl (C=O) groups is 2. The quantitative estimate of drug-likeness (QED) is 0.861. The van der Waals surface area contributed by atoms with Gasteiger partial charge in [0.2, 0.25) is 5.91 Å². The molecular formula is C12H15N3O3S. The first kappa shape index (κ1) is 13.5. The van der Waals surface area contributed by atoms with Crippen molar-refractivity contribution in [2.24, 2.45) is 5.92 Å². The average molecular weight is 281 g/mol. The molecule has 0 saturated carbocycles. The van der Waals surface area contributed by atoms with E-state index in [0.717, 1.165) is 4.96 Å². The van der Waals surface area contributed by atoms with Crippen LogP contribution in [0.2, 0.25) is 0 Å². The van der Waals surface area contributed by atoms with Crippen LogP contribution >= 0.6 is 11.3 Å². The van der Waals surface area contributed by atoms with Crippen LogP contribution in [0.15, 0.2) is 17.8 Å². The monoisotopic (exact) mass is 281 g/mol. The standard InChI is InChI=1S/C12H15N3O3S/c1-7(2)10(11(17)18)14-9(16)5-8-6-15-3-4-19-12(15)13-8/h3-4,6-7,10H,5H2,1-2H3,(H,14,16)(H,17,18)/t10-/m0/s1. The lowest BCUT2D eigenvalue weighted by Gasteiger charge is -2.17. The number of fused-ring (bicyclic) bond motifs is 1. The van der Waals surface area contributed by atoms with Crippen molar-refractivity contribution in [1.82, 2.24) is 14.7 Å². The Hall–Kier alpha value is -1.89. The van der Waals surface area contributed by atoms with E-state index in [2.05, 4.69) is 10.3 Å². The molecule has 1 amide bonds. The van der Waals surface area contributed by atoms with Gasteiger partial charge in [-0.15, -0.1) is 11.3 Å². The molecule has 0 spiro atoms. The van der Waals surface area contributed by atoms with E-state index >= 15 is 0 Å². The molecule has 0 saturated heterocycles. The topological polar surface area (TPSA) is 83.7 Å². The van der Waals surface area contributed by atoms with Gasteiger partial charge in [0, 0.05) is 17.8 Å². The first-order chi connectivity index (χ1) is 8.97. The largest absolute Gasteiger partial charge is 0.480 e. The van der Waals surface area contributed by atoms with Crippen LogP contribution in [0.5, 0.6) is 0 Å². The Morgan fingerprint density at radius 2 is 2.26 bits per heavy atom. The zero-order valence-corrected chi connectivity index (χ0v) is 11.5. The molecule has 2 aromatic heterocycles.